The number of piperazine rings is 1. The minimum absolute atomic E-state index is 0.0435. The van der Waals surface area contributed by atoms with Crippen molar-refractivity contribution in [3.8, 4) is 17.1 Å². The van der Waals surface area contributed by atoms with Crippen molar-refractivity contribution in [2.24, 2.45) is 0 Å². The third-order valence-corrected chi connectivity index (χ3v) is 6.71. The number of hydrogen-bond donors (Lipinski definition) is 0. The molecular weight excluding hydrogens is 488 g/mol. The van der Waals surface area contributed by atoms with Crippen molar-refractivity contribution in [3.63, 3.8) is 0 Å². The van der Waals surface area contributed by atoms with Crippen molar-refractivity contribution >= 4 is 23.6 Å². The first-order valence-corrected chi connectivity index (χ1v) is 12.2. The fourth-order valence-corrected chi connectivity index (χ4v) is 4.80. The quantitative estimate of drug-likeness (QED) is 0.367. The second-order valence-corrected chi connectivity index (χ2v) is 8.98. The highest BCUT2D eigenvalue weighted by Gasteiger charge is 2.27. The molecule has 36 heavy (non-hydrogen) atoms. The molecule has 1 aliphatic heterocycles. The summed E-state index contributed by atoms with van der Waals surface area (Å²) in [6, 6.07) is 15.7. The molecular formula is C25H21F2N5O3S. The van der Waals surface area contributed by atoms with Crippen LogP contribution in [0.15, 0.2) is 76.5 Å². The minimum atomic E-state index is -0.766. The molecule has 184 valence electrons. The Morgan fingerprint density at radius 1 is 0.917 bits per heavy atom. The summed E-state index contributed by atoms with van der Waals surface area (Å²) in [5, 5.41) is 8.72. The number of thioether (sulfide) groups is 1. The fraction of sp³-hybridized carbons (Fsp3) is 0.200. The zero-order valence-corrected chi connectivity index (χ0v) is 19.8. The van der Waals surface area contributed by atoms with Crippen LogP contribution in [0.3, 0.4) is 0 Å². The Morgan fingerprint density at radius 3 is 2.36 bits per heavy atom. The van der Waals surface area contributed by atoms with E-state index in [2.05, 4.69) is 10.2 Å². The van der Waals surface area contributed by atoms with E-state index in [-0.39, 0.29) is 29.0 Å². The molecule has 1 saturated heterocycles. The Balaban J connectivity index is 1.30. The molecule has 0 radical (unpaired) electrons. The van der Waals surface area contributed by atoms with Crippen LogP contribution in [0.2, 0.25) is 0 Å². The lowest BCUT2D eigenvalue weighted by molar-refractivity contribution is -0.129. The van der Waals surface area contributed by atoms with Crippen molar-refractivity contribution in [1.82, 2.24) is 24.6 Å². The number of nitrogens with zero attached hydrogens (tertiary/aromatic N) is 5. The Morgan fingerprint density at radius 2 is 1.67 bits per heavy atom. The standard InChI is InChI=1S/C25H21F2N5O3S/c26-18-8-9-20(19(27)15-18)32-23(17-5-2-1-3-6-17)28-29-25(32)36-16-22(33)30-10-12-31(13-11-30)24(34)21-7-4-14-35-21/h1-9,14-15H,10-13,16H2. The highest BCUT2D eigenvalue weighted by Crippen LogP contribution is 2.29. The molecule has 8 nitrogen and oxygen atoms in total. The number of carbonyl (C=O) groups is 2. The summed E-state index contributed by atoms with van der Waals surface area (Å²) in [6.07, 6.45) is 1.45. The summed E-state index contributed by atoms with van der Waals surface area (Å²) in [5.74, 6) is -1.11. The Hall–Kier alpha value is -3.99. The van der Waals surface area contributed by atoms with Crippen LogP contribution in [-0.2, 0) is 4.79 Å². The van der Waals surface area contributed by atoms with Gasteiger partial charge in [0, 0.05) is 37.8 Å². The van der Waals surface area contributed by atoms with Gasteiger partial charge in [0.05, 0.1) is 17.7 Å². The predicted octanol–water partition coefficient (Wildman–Crippen LogP) is 3.88. The van der Waals surface area contributed by atoms with Crippen LogP contribution in [0, 0.1) is 11.6 Å². The molecule has 0 saturated carbocycles. The smallest absolute Gasteiger partial charge is 0.289 e. The van der Waals surface area contributed by atoms with E-state index in [1.54, 1.807) is 21.9 Å². The first-order chi connectivity index (χ1) is 17.5. The van der Waals surface area contributed by atoms with Gasteiger partial charge in [-0.05, 0) is 24.3 Å². The van der Waals surface area contributed by atoms with Gasteiger partial charge in [-0.25, -0.2) is 8.78 Å². The lowest BCUT2D eigenvalue weighted by atomic mass is 10.2. The molecule has 0 spiro atoms. The number of amides is 2. The topological polar surface area (TPSA) is 84.5 Å². The van der Waals surface area contributed by atoms with Crippen LogP contribution in [0.25, 0.3) is 17.1 Å². The Bertz CT molecular complexity index is 1370. The molecule has 1 fully saturated rings. The molecule has 2 amide bonds. The average molecular weight is 510 g/mol. The van der Waals surface area contributed by atoms with Gasteiger partial charge >= 0.3 is 0 Å². The third kappa shape index (κ3) is 4.87. The van der Waals surface area contributed by atoms with Crippen molar-refractivity contribution in [3.05, 3.63) is 84.3 Å². The molecule has 1 aliphatic rings. The normalized spacial score (nSPS) is 13.7. The molecule has 0 bridgehead atoms. The van der Waals surface area contributed by atoms with Crippen molar-refractivity contribution in [2.75, 3.05) is 31.9 Å². The van der Waals surface area contributed by atoms with Crippen LogP contribution in [0.4, 0.5) is 8.78 Å². The summed E-state index contributed by atoms with van der Waals surface area (Å²) >= 11 is 1.12. The third-order valence-electron chi connectivity index (χ3n) is 5.79. The summed E-state index contributed by atoms with van der Waals surface area (Å²) < 4.78 is 35.0. The van der Waals surface area contributed by atoms with Gasteiger partial charge in [0.1, 0.15) is 11.6 Å². The molecule has 5 rings (SSSR count). The van der Waals surface area contributed by atoms with Gasteiger partial charge in [0.15, 0.2) is 16.7 Å². The van der Waals surface area contributed by atoms with E-state index in [9.17, 15) is 18.4 Å². The van der Waals surface area contributed by atoms with Crippen LogP contribution in [0.5, 0.6) is 0 Å². The van der Waals surface area contributed by atoms with E-state index >= 15 is 0 Å². The van der Waals surface area contributed by atoms with E-state index < -0.39 is 11.6 Å². The monoisotopic (exact) mass is 509 g/mol. The molecule has 4 aromatic rings. The number of halogens is 2. The second kappa shape index (κ2) is 10.3. The predicted molar refractivity (Wildman–Crippen MR) is 129 cm³/mol. The highest BCUT2D eigenvalue weighted by molar-refractivity contribution is 7.99. The van der Waals surface area contributed by atoms with Gasteiger partial charge in [0.2, 0.25) is 5.91 Å². The number of carbonyl (C=O) groups excluding carboxylic acids is 2. The van der Waals surface area contributed by atoms with Crippen LogP contribution in [-0.4, -0.2) is 68.3 Å². The maximum Gasteiger partial charge on any atom is 0.289 e. The lowest BCUT2D eigenvalue weighted by Gasteiger charge is -2.34. The second-order valence-electron chi connectivity index (χ2n) is 8.04. The number of rotatable bonds is 6. The Labute approximate surface area is 209 Å². The molecule has 0 aliphatic carbocycles. The van der Waals surface area contributed by atoms with Gasteiger partial charge in [-0.1, -0.05) is 42.1 Å². The number of hydrogen-bond acceptors (Lipinski definition) is 6. The summed E-state index contributed by atoms with van der Waals surface area (Å²) in [4.78, 5) is 28.7. The van der Waals surface area contributed by atoms with E-state index in [0.717, 1.165) is 23.9 Å². The largest absolute Gasteiger partial charge is 0.459 e. The zero-order valence-electron chi connectivity index (χ0n) is 19.0. The zero-order chi connectivity index (χ0) is 25.1. The molecule has 0 unspecified atom stereocenters. The minimum Gasteiger partial charge on any atom is -0.459 e. The van der Waals surface area contributed by atoms with Crippen molar-refractivity contribution in [1.29, 1.82) is 0 Å². The summed E-state index contributed by atoms with van der Waals surface area (Å²) in [6.45, 7) is 1.57. The van der Waals surface area contributed by atoms with Crippen molar-refractivity contribution < 1.29 is 22.8 Å². The molecule has 11 heteroatoms. The fourth-order valence-electron chi connectivity index (χ4n) is 3.95. The molecule has 2 aromatic carbocycles. The molecule has 3 heterocycles. The first-order valence-electron chi connectivity index (χ1n) is 11.2. The van der Waals surface area contributed by atoms with Crippen LogP contribution < -0.4 is 0 Å². The molecule has 2 aromatic heterocycles. The average Bonchev–Trinajstić information content (AvgIpc) is 3.58. The van der Waals surface area contributed by atoms with Crippen LogP contribution >= 0.6 is 11.8 Å². The van der Waals surface area contributed by atoms with E-state index in [4.69, 9.17) is 4.42 Å². The van der Waals surface area contributed by atoms with E-state index in [1.165, 1.54) is 16.9 Å². The number of aromatic nitrogens is 3. The molecule has 0 atom stereocenters. The number of furan rings is 1. The van der Waals surface area contributed by atoms with Gasteiger partial charge in [-0.15, -0.1) is 10.2 Å². The highest BCUT2D eigenvalue weighted by atomic mass is 32.2. The summed E-state index contributed by atoms with van der Waals surface area (Å²) in [5.41, 5.74) is 0.782. The van der Waals surface area contributed by atoms with E-state index in [0.29, 0.717) is 42.7 Å². The van der Waals surface area contributed by atoms with Gasteiger partial charge in [-0.2, -0.15) is 0 Å². The van der Waals surface area contributed by atoms with E-state index in [1.807, 2.05) is 30.3 Å². The van der Waals surface area contributed by atoms with Crippen molar-refractivity contribution in [2.45, 2.75) is 5.16 Å². The van der Waals surface area contributed by atoms with Gasteiger partial charge in [-0.3, -0.25) is 14.2 Å². The van der Waals surface area contributed by atoms with Crippen LogP contribution in [0.1, 0.15) is 10.6 Å². The SMILES string of the molecule is O=C(CSc1nnc(-c2ccccc2)n1-c1ccc(F)cc1F)N1CCN(C(=O)c2ccco2)CC1. The molecule has 0 N–H and O–H groups in total. The Kier molecular flexibility index (Phi) is 6.81. The maximum absolute atomic E-state index is 14.7. The van der Waals surface area contributed by atoms with Gasteiger partial charge < -0.3 is 14.2 Å². The number of benzene rings is 2. The van der Waals surface area contributed by atoms with Gasteiger partial charge in [0.25, 0.3) is 5.91 Å². The maximum atomic E-state index is 14.7. The lowest BCUT2D eigenvalue weighted by Crippen LogP contribution is -2.51. The summed E-state index contributed by atoms with van der Waals surface area (Å²) in [7, 11) is 0. The first kappa shape index (κ1) is 23.7.